The van der Waals surface area contributed by atoms with Crippen LogP contribution in [-0.4, -0.2) is 49.4 Å². The van der Waals surface area contributed by atoms with Crippen LogP contribution in [0, 0.1) is 5.92 Å². The van der Waals surface area contributed by atoms with Gasteiger partial charge in [-0.15, -0.1) is 0 Å². The van der Waals surface area contributed by atoms with Crippen LogP contribution in [0.1, 0.15) is 46.1 Å². The summed E-state index contributed by atoms with van der Waals surface area (Å²) < 4.78 is 17.5. The molecule has 0 bridgehead atoms. The molecule has 1 heterocycles. The van der Waals surface area contributed by atoms with Crippen molar-refractivity contribution in [1.29, 1.82) is 0 Å². The molecule has 0 spiro atoms. The summed E-state index contributed by atoms with van der Waals surface area (Å²) in [5.41, 5.74) is 1.36. The Hall–Kier alpha value is -1.37. The van der Waals surface area contributed by atoms with Crippen molar-refractivity contribution >= 4 is 18.5 Å². The topological polar surface area (TPSA) is 48.0 Å². The molecule has 0 N–H and O–H groups in total. The first kappa shape index (κ1) is 19.4. The van der Waals surface area contributed by atoms with E-state index in [0.29, 0.717) is 19.7 Å². The Balaban J connectivity index is 1.73. The number of benzene rings is 1. The Labute approximate surface area is 157 Å². The second-order valence-electron chi connectivity index (χ2n) is 8.36. The van der Waals surface area contributed by atoms with Crippen molar-refractivity contribution in [3.63, 3.8) is 0 Å². The molecule has 1 aliphatic carbocycles. The molecule has 1 aromatic carbocycles. The van der Waals surface area contributed by atoms with Crippen molar-refractivity contribution in [3.05, 3.63) is 29.8 Å². The van der Waals surface area contributed by atoms with Gasteiger partial charge in [-0.3, -0.25) is 4.79 Å². The van der Waals surface area contributed by atoms with E-state index >= 15 is 0 Å². The summed E-state index contributed by atoms with van der Waals surface area (Å²) in [6, 6.07) is 8.16. The monoisotopic (exact) mass is 359 g/mol. The molecule has 1 saturated heterocycles. The molecular weight excluding hydrogens is 329 g/mol. The third-order valence-electron chi connectivity index (χ3n) is 5.65. The first-order valence-electron chi connectivity index (χ1n) is 9.46. The molecule has 3 rings (SSSR count). The fourth-order valence-electron chi connectivity index (χ4n) is 3.09. The molecular formula is C20H30BNO4. The zero-order valence-electron chi connectivity index (χ0n) is 16.6. The second kappa shape index (κ2) is 7.33. The number of rotatable bonds is 7. The number of hydrogen-bond acceptors (Lipinski definition) is 4. The molecule has 142 valence electrons. The number of carbonyl (C=O) groups is 1. The summed E-state index contributed by atoms with van der Waals surface area (Å²) in [4.78, 5) is 14.5. The number of carbonyl (C=O) groups excluding carboxylic acids is 1. The van der Waals surface area contributed by atoms with E-state index in [0.717, 1.165) is 23.9 Å². The number of hydrogen-bond donors (Lipinski definition) is 0. The van der Waals surface area contributed by atoms with E-state index in [-0.39, 0.29) is 30.1 Å². The molecule has 1 aliphatic heterocycles. The molecule has 2 aliphatic rings. The first-order chi connectivity index (χ1) is 12.2. The molecule has 6 heteroatoms. The minimum atomic E-state index is -0.383. The fourth-order valence-corrected chi connectivity index (χ4v) is 3.09. The number of methoxy groups -OCH3 is 1. The van der Waals surface area contributed by atoms with Crippen LogP contribution in [-0.2, 0) is 25.4 Å². The number of amides is 1. The first-order valence-corrected chi connectivity index (χ1v) is 9.46. The fraction of sp³-hybridized carbons (Fsp3) is 0.650. The Morgan fingerprint density at radius 1 is 1.23 bits per heavy atom. The van der Waals surface area contributed by atoms with Gasteiger partial charge < -0.3 is 18.9 Å². The van der Waals surface area contributed by atoms with E-state index in [9.17, 15) is 4.79 Å². The lowest BCUT2D eigenvalue weighted by Crippen LogP contribution is -2.41. The normalized spacial score (nSPS) is 21.0. The second-order valence-corrected chi connectivity index (χ2v) is 8.36. The van der Waals surface area contributed by atoms with Gasteiger partial charge in [-0.05, 0) is 51.6 Å². The standard InChI is InChI=1S/C20H30BNO4/c1-19(2)20(3,4)26-21(25-19)17-8-6-7-15(13-17)14-22(11-12-24-5)18(23)16-9-10-16/h6-8,13,16H,9-12,14H2,1-5H3. The summed E-state index contributed by atoms with van der Waals surface area (Å²) in [5, 5.41) is 0. The molecule has 1 saturated carbocycles. The van der Waals surface area contributed by atoms with E-state index in [1.54, 1.807) is 7.11 Å². The van der Waals surface area contributed by atoms with E-state index in [4.69, 9.17) is 14.0 Å². The van der Waals surface area contributed by atoms with Gasteiger partial charge in [0.2, 0.25) is 5.91 Å². The lowest BCUT2D eigenvalue weighted by atomic mass is 9.78. The van der Waals surface area contributed by atoms with Crippen molar-refractivity contribution in [2.75, 3.05) is 20.3 Å². The maximum atomic E-state index is 12.5. The van der Waals surface area contributed by atoms with Crippen molar-refractivity contribution in [2.45, 2.75) is 58.3 Å². The van der Waals surface area contributed by atoms with Gasteiger partial charge in [-0.2, -0.15) is 0 Å². The molecule has 0 aromatic heterocycles. The Morgan fingerprint density at radius 3 is 2.46 bits per heavy atom. The molecule has 0 atom stereocenters. The number of ether oxygens (including phenoxy) is 1. The van der Waals surface area contributed by atoms with E-state index < -0.39 is 0 Å². The summed E-state index contributed by atoms with van der Waals surface area (Å²) >= 11 is 0. The zero-order valence-corrected chi connectivity index (χ0v) is 16.6. The Kier molecular flexibility index (Phi) is 5.47. The summed E-state index contributed by atoms with van der Waals surface area (Å²) in [6.45, 7) is 9.97. The maximum absolute atomic E-state index is 12.5. The van der Waals surface area contributed by atoms with E-state index in [1.165, 1.54) is 0 Å². The summed E-state index contributed by atoms with van der Waals surface area (Å²) in [7, 11) is 1.28. The minimum Gasteiger partial charge on any atom is -0.399 e. The van der Waals surface area contributed by atoms with E-state index in [2.05, 4.69) is 39.8 Å². The molecule has 0 unspecified atom stereocenters. The van der Waals surface area contributed by atoms with Crippen LogP contribution in [0.3, 0.4) is 0 Å². The largest absolute Gasteiger partial charge is 0.494 e. The molecule has 1 amide bonds. The SMILES string of the molecule is COCCN(Cc1cccc(B2OC(C)(C)C(C)(C)O2)c1)C(=O)C1CC1. The van der Waals surface area contributed by atoms with Crippen molar-refractivity contribution in [3.8, 4) is 0 Å². The van der Waals surface area contributed by atoms with Gasteiger partial charge in [0.15, 0.2) is 0 Å². The molecule has 5 nitrogen and oxygen atoms in total. The van der Waals surface area contributed by atoms with Gasteiger partial charge in [-0.1, -0.05) is 24.3 Å². The Morgan fingerprint density at radius 2 is 1.88 bits per heavy atom. The average molecular weight is 359 g/mol. The smallest absolute Gasteiger partial charge is 0.399 e. The maximum Gasteiger partial charge on any atom is 0.494 e. The highest BCUT2D eigenvalue weighted by Crippen LogP contribution is 2.36. The molecule has 1 aromatic rings. The lowest BCUT2D eigenvalue weighted by molar-refractivity contribution is -0.133. The van der Waals surface area contributed by atoms with Crippen molar-refractivity contribution < 1.29 is 18.8 Å². The quantitative estimate of drug-likeness (QED) is 0.702. The summed E-state index contributed by atoms with van der Waals surface area (Å²) in [6.07, 6.45) is 2.02. The third kappa shape index (κ3) is 4.13. The van der Waals surface area contributed by atoms with Crippen LogP contribution in [0.15, 0.2) is 24.3 Å². The van der Waals surface area contributed by atoms with Crippen LogP contribution >= 0.6 is 0 Å². The zero-order chi connectivity index (χ0) is 18.9. The Bertz CT molecular complexity index is 641. The van der Waals surface area contributed by atoms with Gasteiger partial charge in [0.1, 0.15) is 0 Å². The van der Waals surface area contributed by atoms with Crippen molar-refractivity contribution in [1.82, 2.24) is 4.90 Å². The number of nitrogens with zero attached hydrogens (tertiary/aromatic N) is 1. The molecule has 2 fully saturated rings. The average Bonchev–Trinajstić information content (AvgIpc) is 3.39. The predicted octanol–water partition coefficient (Wildman–Crippen LogP) is 2.37. The van der Waals surface area contributed by atoms with Gasteiger partial charge >= 0.3 is 7.12 Å². The minimum absolute atomic E-state index is 0.207. The van der Waals surface area contributed by atoms with Crippen LogP contribution in [0.5, 0.6) is 0 Å². The van der Waals surface area contributed by atoms with Crippen LogP contribution in [0.4, 0.5) is 0 Å². The highest BCUT2D eigenvalue weighted by molar-refractivity contribution is 6.62. The third-order valence-corrected chi connectivity index (χ3v) is 5.65. The lowest BCUT2D eigenvalue weighted by Gasteiger charge is -2.32. The van der Waals surface area contributed by atoms with Gasteiger partial charge in [0.05, 0.1) is 17.8 Å². The molecule has 26 heavy (non-hydrogen) atoms. The van der Waals surface area contributed by atoms with Gasteiger partial charge in [0.25, 0.3) is 0 Å². The van der Waals surface area contributed by atoms with Crippen LogP contribution in [0.25, 0.3) is 0 Å². The van der Waals surface area contributed by atoms with Gasteiger partial charge in [0, 0.05) is 26.1 Å². The highest BCUT2D eigenvalue weighted by Gasteiger charge is 2.51. The van der Waals surface area contributed by atoms with Crippen LogP contribution in [0.2, 0.25) is 0 Å². The van der Waals surface area contributed by atoms with Gasteiger partial charge in [-0.25, -0.2) is 0 Å². The highest BCUT2D eigenvalue weighted by atomic mass is 16.7. The van der Waals surface area contributed by atoms with Crippen molar-refractivity contribution in [2.24, 2.45) is 5.92 Å². The van der Waals surface area contributed by atoms with Crippen LogP contribution < -0.4 is 5.46 Å². The van der Waals surface area contributed by atoms with E-state index in [1.807, 2.05) is 17.0 Å². The summed E-state index contributed by atoms with van der Waals surface area (Å²) in [5.74, 6) is 0.446. The molecule has 0 radical (unpaired) electrons. The predicted molar refractivity (Wildman–Crippen MR) is 102 cm³/mol.